The van der Waals surface area contributed by atoms with Crippen LogP contribution < -0.4 is 5.32 Å². The molecule has 0 saturated heterocycles. The Morgan fingerprint density at radius 2 is 1.75 bits per heavy atom. The van der Waals surface area contributed by atoms with Gasteiger partial charge in [-0.3, -0.25) is 0 Å². The molecule has 0 unspecified atom stereocenters. The molecule has 0 saturated carbocycles. The third kappa shape index (κ3) is 6.42. The van der Waals surface area contributed by atoms with Gasteiger partial charge in [0.25, 0.3) is 0 Å². The monoisotopic (exact) mass is 327 g/mol. The van der Waals surface area contributed by atoms with Crippen LogP contribution in [-0.4, -0.2) is 25.7 Å². The molecule has 4 nitrogen and oxygen atoms in total. The third-order valence-electron chi connectivity index (χ3n) is 3.55. The van der Waals surface area contributed by atoms with Crippen molar-refractivity contribution >= 4 is 11.7 Å². The molecule has 0 spiro atoms. The van der Waals surface area contributed by atoms with Crippen molar-refractivity contribution in [1.29, 1.82) is 0 Å². The summed E-state index contributed by atoms with van der Waals surface area (Å²) < 4.78 is 10.7. The molecule has 0 atom stereocenters. The van der Waals surface area contributed by atoms with Crippen LogP contribution >= 0.6 is 0 Å². The zero-order valence-electron chi connectivity index (χ0n) is 14.2. The maximum atomic E-state index is 12.0. The highest BCUT2D eigenvalue weighted by Crippen LogP contribution is 2.11. The number of hydrogen-bond donors (Lipinski definition) is 1. The second kappa shape index (κ2) is 10.4. The summed E-state index contributed by atoms with van der Waals surface area (Å²) in [6, 6.07) is 17.3. The van der Waals surface area contributed by atoms with E-state index in [1.807, 2.05) is 42.5 Å². The van der Waals surface area contributed by atoms with Crippen molar-refractivity contribution in [3.63, 3.8) is 0 Å². The van der Waals surface area contributed by atoms with Gasteiger partial charge in [-0.25, -0.2) is 4.79 Å². The number of anilines is 1. The zero-order valence-corrected chi connectivity index (χ0v) is 14.2. The molecule has 1 N–H and O–H groups in total. The van der Waals surface area contributed by atoms with Crippen molar-refractivity contribution in [2.75, 3.05) is 25.1 Å². The van der Waals surface area contributed by atoms with Crippen LogP contribution in [0, 0.1) is 0 Å². The number of benzene rings is 2. The van der Waals surface area contributed by atoms with Gasteiger partial charge in [-0.2, -0.15) is 0 Å². The Balaban J connectivity index is 1.65. The smallest absolute Gasteiger partial charge is 0.338 e. The van der Waals surface area contributed by atoms with Gasteiger partial charge in [-0.15, -0.1) is 0 Å². The molecule has 0 aromatic heterocycles. The Morgan fingerprint density at radius 1 is 1.00 bits per heavy atom. The molecule has 128 valence electrons. The molecule has 0 aliphatic rings. The Bertz CT molecular complexity index is 596. The SMILES string of the molecule is CCCCNc1ccc(C(=O)OCCOCc2ccccc2)cc1. The van der Waals surface area contributed by atoms with E-state index in [-0.39, 0.29) is 12.6 Å². The Hall–Kier alpha value is -2.33. The lowest BCUT2D eigenvalue weighted by molar-refractivity contribution is 0.0288. The predicted molar refractivity (Wildman–Crippen MR) is 96.2 cm³/mol. The number of hydrogen-bond acceptors (Lipinski definition) is 4. The number of rotatable bonds is 10. The van der Waals surface area contributed by atoms with Gasteiger partial charge in [0.1, 0.15) is 6.61 Å². The maximum Gasteiger partial charge on any atom is 0.338 e. The molecule has 4 heteroatoms. The van der Waals surface area contributed by atoms with Gasteiger partial charge < -0.3 is 14.8 Å². The van der Waals surface area contributed by atoms with Gasteiger partial charge in [-0.1, -0.05) is 43.7 Å². The van der Waals surface area contributed by atoms with Crippen LogP contribution in [0.4, 0.5) is 5.69 Å². The first-order valence-corrected chi connectivity index (χ1v) is 8.42. The van der Waals surface area contributed by atoms with Gasteiger partial charge in [0.2, 0.25) is 0 Å². The summed E-state index contributed by atoms with van der Waals surface area (Å²) >= 11 is 0. The zero-order chi connectivity index (χ0) is 17.0. The average Bonchev–Trinajstić information content (AvgIpc) is 2.63. The van der Waals surface area contributed by atoms with Crippen LogP contribution in [0.15, 0.2) is 54.6 Å². The van der Waals surface area contributed by atoms with Crippen LogP contribution in [0.2, 0.25) is 0 Å². The number of carbonyl (C=O) groups is 1. The molecule has 2 aromatic carbocycles. The van der Waals surface area contributed by atoms with Crippen LogP contribution in [0.3, 0.4) is 0 Å². The lowest BCUT2D eigenvalue weighted by Gasteiger charge is -2.08. The van der Waals surface area contributed by atoms with E-state index in [2.05, 4.69) is 12.2 Å². The molecule has 0 heterocycles. The molecule has 0 fully saturated rings. The standard InChI is InChI=1S/C20H25NO3/c1-2-3-13-21-19-11-9-18(10-12-19)20(22)24-15-14-23-16-17-7-5-4-6-8-17/h4-12,21H,2-3,13-16H2,1H3. The number of unbranched alkanes of at least 4 members (excludes halogenated alkanes) is 1. The van der Waals surface area contributed by atoms with Crippen molar-refractivity contribution in [1.82, 2.24) is 0 Å². The molecule has 0 aliphatic carbocycles. The minimum absolute atomic E-state index is 0.252. The number of carbonyl (C=O) groups excluding carboxylic acids is 1. The fraction of sp³-hybridized carbons (Fsp3) is 0.350. The minimum atomic E-state index is -0.321. The minimum Gasteiger partial charge on any atom is -0.460 e. The molecular formula is C20H25NO3. The summed E-state index contributed by atoms with van der Waals surface area (Å²) in [6.07, 6.45) is 2.29. The van der Waals surface area contributed by atoms with Crippen LogP contribution in [0.25, 0.3) is 0 Å². The molecule has 0 bridgehead atoms. The number of ether oxygens (including phenoxy) is 2. The van der Waals surface area contributed by atoms with Crippen molar-refractivity contribution in [3.8, 4) is 0 Å². The molecular weight excluding hydrogens is 302 g/mol. The van der Waals surface area contributed by atoms with Gasteiger partial charge in [-0.05, 0) is 36.2 Å². The van der Waals surface area contributed by atoms with Crippen LogP contribution in [0.1, 0.15) is 35.7 Å². The van der Waals surface area contributed by atoms with E-state index in [1.54, 1.807) is 12.1 Å². The molecule has 24 heavy (non-hydrogen) atoms. The fourth-order valence-electron chi connectivity index (χ4n) is 2.17. The highest BCUT2D eigenvalue weighted by atomic mass is 16.6. The van der Waals surface area contributed by atoms with E-state index < -0.39 is 0 Å². The Kier molecular flexibility index (Phi) is 7.84. The average molecular weight is 327 g/mol. The first-order valence-electron chi connectivity index (χ1n) is 8.42. The van der Waals surface area contributed by atoms with Crippen LogP contribution in [-0.2, 0) is 16.1 Å². The van der Waals surface area contributed by atoms with E-state index in [9.17, 15) is 4.79 Å². The Labute approximate surface area is 143 Å². The fourth-order valence-corrected chi connectivity index (χ4v) is 2.17. The molecule has 0 radical (unpaired) electrons. The topological polar surface area (TPSA) is 47.6 Å². The van der Waals surface area contributed by atoms with Crippen molar-refractivity contribution in [3.05, 3.63) is 65.7 Å². The summed E-state index contributed by atoms with van der Waals surface area (Å²) in [6.45, 7) is 4.26. The maximum absolute atomic E-state index is 12.0. The quantitative estimate of drug-likeness (QED) is 0.523. The number of esters is 1. The van der Waals surface area contributed by atoms with Crippen molar-refractivity contribution in [2.24, 2.45) is 0 Å². The molecule has 0 amide bonds. The van der Waals surface area contributed by atoms with Gasteiger partial charge in [0, 0.05) is 12.2 Å². The molecule has 0 aliphatic heterocycles. The number of nitrogens with one attached hydrogen (secondary N) is 1. The summed E-state index contributed by atoms with van der Waals surface area (Å²) in [7, 11) is 0. The van der Waals surface area contributed by atoms with Crippen molar-refractivity contribution < 1.29 is 14.3 Å². The van der Waals surface area contributed by atoms with Gasteiger partial charge in [0.15, 0.2) is 0 Å². The largest absolute Gasteiger partial charge is 0.460 e. The molecule has 2 rings (SSSR count). The summed E-state index contributed by atoms with van der Waals surface area (Å²) in [5.41, 5.74) is 2.68. The lowest BCUT2D eigenvalue weighted by atomic mass is 10.2. The van der Waals surface area contributed by atoms with Gasteiger partial charge >= 0.3 is 5.97 Å². The lowest BCUT2D eigenvalue weighted by Crippen LogP contribution is -2.11. The first-order chi connectivity index (χ1) is 11.8. The van der Waals surface area contributed by atoms with Crippen molar-refractivity contribution in [2.45, 2.75) is 26.4 Å². The van der Waals surface area contributed by atoms with E-state index >= 15 is 0 Å². The first kappa shape index (κ1) is 18.0. The summed E-state index contributed by atoms with van der Waals surface area (Å²) in [5.74, 6) is -0.321. The van der Waals surface area contributed by atoms with E-state index in [4.69, 9.17) is 9.47 Å². The Morgan fingerprint density at radius 3 is 2.46 bits per heavy atom. The van der Waals surface area contributed by atoms with Crippen LogP contribution in [0.5, 0.6) is 0 Å². The van der Waals surface area contributed by atoms with Gasteiger partial charge in [0.05, 0.1) is 18.8 Å². The van der Waals surface area contributed by atoms with E-state index in [1.165, 1.54) is 0 Å². The van der Waals surface area contributed by atoms with E-state index in [0.29, 0.717) is 18.8 Å². The normalized spacial score (nSPS) is 10.4. The summed E-state index contributed by atoms with van der Waals surface area (Å²) in [4.78, 5) is 12.0. The second-order valence-corrected chi connectivity index (χ2v) is 5.53. The third-order valence-corrected chi connectivity index (χ3v) is 3.55. The highest BCUT2D eigenvalue weighted by molar-refractivity contribution is 5.89. The predicted octanol–water partition coefficient (Wildman–Crippen LogP) is 4.27. The second-order valence-electron chi connectivity index (χ2n) is 5.53. The van der Waals surface area contributed by atoms with E-state index in [0.717, 1.165) is 30.6 Å². The summed E-state index contributed by atoms with van der Waals surface area (Å²) in [5, 5.41) is 3.32. The highest BCUT2D eigenvalue weighted by Gasteiger charge is 2.06. The molecule has 2 aromatic rings.